The summed E-state index contributed by atoms with van der Waals surface area (Å²) in [4.78, 5) is 21.3. The molecule has 1 amide bonds. The largest absolute Gasteiger partial charge is 0.382 e. The molecule has 1 aliphatic rings. The lowest BCUT2D eigenvalue weighted by atomic mass is 10.0. The summed E-state index contributed by atoms with van der Waals surface area (Å²) in [5.74, 6) is -0.667. The first-order chi connectivity index (χ1) is 10.7. The molecule has 0 aliphatic carbocycles. The summed E-state index contributed by atoms with van der Waals surface area (Å²) in [6, 6.07) is 11.8. The van der Waals surface area contributed by atoms with E-state index in [0.717, 1.165) is 5.69 Å². The van der Waals surface area contributed by atoms with Gasteiger partial charge in [-0.1, -0.05) is 29.4 Å². The Labute approximate surface area is 126 Å². The molecule has 0 saturated carbocycles. The molecule has 0 unspecified atom stereocenters. The number of oxime groups is 1. The highest BCUT2D eigenvalue weighted by Gasteiger charge is 2.29. The van der Waals surface area contributed by atoms with Crippen LogP contribution in [0.1, 0.15) is 17.7 Å². The maximum Gasteiger partial charge on any atom is 0.264 e. The Bertz CT molecular complexity index is 704. The Kier molecular flexibility index (Phi) is 4.09. The summed E-state index contributed by atoms with van der Waals surface area (Å²) in [6.45, 7) is 0.314. The van der Waals surface area contributed by atoms with Gasteiger partial charge in [-0.3, -0.25) is 9.78 Å². The first-order valence-electron chi connectivity index (χ1n) is 6.89. The first-order valence-corrected chi connectivity index (χ1v) is 6.89. The molecule has 0 fully saturated rings. The van der Waals surface area contributed by atoms with Gasteiger partial charge in [-0.05, 0) is 18.2 Å². The number of carbonyl (C=O) groups is 1. The van der Waals surface area contributed by atoms with Crippen LogP contribution in [0.25, 0.3) is 0 Å². The predicted octanol–water partition coefficient (Wildman–Crippen LogP) is 2.03. The minimum absolute atomic E-state index is 0.245. The van der Waals surface area contributed by atoms with E-state index in [4.69, 9.17) is 4.84 Å². The highest BCUT2D eigenvalue weighted by atomic mass is 19.1. The summed E-state index contributed by atoms with van der Waals surface area (Å²) < 4.78 is 13.7. The Morgan fingerprint density at radius 2 is 2.09 bits per heavy atom. The van der Waals surface area contributed by atoms with Crippen molar-refractivity contribution in [2.24, 2.45) is 5.16 Å². The zero-order valence-electron chi connectivity index (χ0n) is 11.7. The maximum atomic E-state index is 13.7. The molecule has 6 heteroatoms. The van der Waals surface area contributed by atoms with E-state index in [0.29, 0.717) is 17.8 Å². The molecule has 2 aromatic rings. The van der Waals surface area contributed by atoms with Gasteiger partial charge in [0.2, 0.25) is 6.10 Å². The average Bonchev–Trinajstić information content (AvgIpc) is 3.04. The molecule has 1 aromatic heterocycles. The van der Waals surface area contributed by atoms with Gasteiger partial charge < -0.3 is 10.2 Å². The van der Waals surface area contributed by atoms with Crippen LogP contribution in [-0.2, 0) is 16.2 Å². The van der Waals surface area contributed by atoms with Crippen molar-refractivity contribution in [1.82, 2.24) is 10.3 Å². The van der Waals surface area contributed by atoms with Crippen molar-refractivity contribution in [3.63, 3.8) is 0 Å². The van der Waals surface area contributed by atoms with Gasteiger partial charge in [0.15, 0.2) is 0 Å². The van der Waals surface area contributed by atoms with Crippen molar-refractivity contribution in [2.75, 3.05) is 0 Å². The lowest BCUT2D eigenvalue weighted by molar-refractivity contribution is -0.131. The number of aromatic nitrogens is 1. The molecule has 112 valence electrons. The second-order valence-electron chi connectivity index (χ2n) is 4.85. The quantitative estimate of drug-likeness (QED) is 0.939. The van der Waals surface area contributed by atoms with Crippen LogP contribution in [0, 0.1) is 5.82 Å². The SMILES string of the molecule is O=C(NCc1ccccn1)[C@H]1CC(c2ccccc2F)=NO1. The number of hydrogen-bond donors (Lipinski definition) is 1. The zero-order valence-corrected chi connectivity index (χ0v) is 11.7. The number of amides is 1. The average molecular weight is 299 g/mol. The molecule has 1 aromatic carbocycles. The standard InChI is InChI=1S/C16H14FN3O2/c17-13-7-2-1-6-12(13)14-9-15(22-20-14)16(21)19-10-11-5-3-4-8-18-11/h1-8,15H,9-10H2,(H,19,21)/t15-/m1/s1. The molecule has 2 heterocycles. The van der Waals surface area contributed by atoms with Gasteiger partial charge in [-0.25, -0.2) is 4.39 Å². The number of nitrogens with zero attached hydrogens (tertiary/aromatic N) is 2. The number of pyridine rings is 1. The van der Waals surface area contributed by atoms with Crippen LogP contribution in [0.5, 0.6) is 0 Å². The second kappa shape index (κ2) is 6.34. The summed E-state index contributed by atoms with van der Waals surface area (Å²) in [5, 5.41) is 6.56. The normalized spacial score (nSPS) is 16.8. The van der Waals surface area contributed by atoms with Crippen LogP contribution in [0.3, 0.4) is 0 Å². The topological polar surface area (TPSA) is 63.6 Å². The third kappa shape index (κ3) is 3.11. The summed E-state index contributed by atoms with van der Waals surface area (Å²) >= 11 is 0. The molecule has 0 radical (unpaired) electrons. The van der Waals surface area contributed by atoms with Crippen molar-refractivity contribution >= 4 is 11.6 Å². The van der Waals surface area contributed by atoms with Gasteiger partial charge in [-0.15, -0.1) is 0 Å². The smallest absolute Gasteiger partial charge is 0.264 e. The third-order valence-electron chi connectivity index (χ3n) is 3.32. The molecular weight excluding hydrogens is 285 g/mol. The lowest BCUT2D eigenvalue weighted by Crippen LogP contribution is -2.34. The number of rotatable bonds is 4. The number of nitrogens with one attached hydrogen (secondary N) is 1. The molecule has 1 aliphatic heterocycles. The van der Waals surface area contributed by atoms with E-state index in [2.05, 4.69) is 15.5 Å². The molecule has 3 rings (SSSR count). The molecule has 1 N–H and O–H groups in total. The maximum absolute atomic E-state index is 13.7. The van der Waals surface area contributed by atoms with Crippen molar-refractivity contribution in [3.05, 3.63) is 65.7 Å². The third-order valence-corrected chi connectivity index (χ3v) is 3.32. The number of carbonyl (C=O) groups excluding carboxylic acids is 1. The van der Waals surface area contributed by atoms with E-state index in [1.807, 2.05) is 12.1 Å². The minimum Gasteiger partial charge on any atom is -0.382 e. The van der Waals surface area contributed by atoms with Crippen LogP contribution in [-0.4, -0.2) is 22.7 Å². The van der Waals surface area contributed by atoms with Crippen molar-refractivity contribution < 1.29 is 14.0 Å². The van der Waals surface area contributed by atoms with Crippen LogP contribution >= 0.6 is 0 Å². The molecular formula is C16H14FN3O2. The Hall–Kier alpha value is -2.76. The monoisotopic (exact) mass is 299 g/mol. The lowest BCUT2D eigenvalue weighted by Gasteiger charge is -2.09. The van der Waals surface area contributed by atoms with Crippen molar-refractivity contribution in [3.8, 4) is 0 Å². The van der Waals surface area contributed by atoms with Gasteiger partial charge in [0.25, 0.3) is 5.91 Å². The van der Waals surface area contributed by atoms with E-state index in [-0.39, 0.29) is 18.1 Å². The predicted molar refractivity (Wildman–Crippen MR) is 78.5 cm³/mol. The summed E-state index contributed by atoms with van der Waals surface area (Å²) in [6.07, 6.45) is 1.17. The molecule has 0 saturated heterocycles. The summed E-state index contributed by atoms with van der Waals surface area (Å²) in [5.41, 5.74) is 1.56. The molecule has 0 spiro atoms. The van der Waals surface area contributed by atoms with E-state index in [1.54, 1.807) is 30.5 Å². The fourth-order valence-corrected chi connectivity index (χ4v) is 2.17. The van der Waals surface area contributed by atoms with Gasteiger partial charge in [0, 0.05) is 18.2 Å². The highest BCUT2D eigenvalue weighted by molar-refractivity contribution is 6.04. The molecule has 22 heavy (non-hydrogen) atoms. The fourth-order valence-electron chi connectivity index (χ4n) is 2.17. The van der Waals surface area contributed by atoms with E-state index in [1.165, 1.54) is 6.07 Å². The molecule has 0 bridgehead atoms. The number of halogens is 1. The van der Waals surface area contributed by atoms with Crippen LogP contribution in [0.4, 0.5) is 4.39 Å². The van der Waals surface area contributed by atoms with Gasteiger partial charge in [-0.2, -0.15) is 0 Å². The Morgan fingerprint density at radius 1 is 1.27 bits per heavy atom. The van der Waals surface area contributed by atoms with E-state index < -0.39 is 6.10 Å². The van der Waals surface area contributed by atoms with Crippen molar-refractivity contribution in [1.29, 1.82) is 0 Å². The van der Waals surface area contributed by atoms with Crippen molar-refractivity contribution in [2.45, 2.75) is 19.1 Å². The van der Waals surface area contributed by atoms with Gasteiger partial charge in [0.05, 0.1) is 18.0 Å². The number of benzene rings is 1. The van der Waals surface area contributed by atoms with E-state index in [9.17, 15) is 9.18 Å². The van der Waals surface area contributed by atoms with Crippen LogP contribution in [0.15, 0.2) is 53.8 Å². The second-order valence-corrected chi connectivity index (χ2v) is 4.85. The number of hydrogen-bond acceptors (Lipinski definition) is 4. The molecule has 1 atom stereocenters. The van der Waals surface area contributed by atoms with Gasteiger partial charge >= 0.3 is 0 Å². The highest BCUT2D eigenvalue weighted by Crippen LogP contribution is 2.19. The Balaban J connectivity index is 1.57. The van der Waals surface area contributed by atoms with Crippen LogP contribution < -0.4 is 5.32 Å². The fraction of sp³-hybridized carbons (Fsp3) is 0.188. The van der Waals surface area contributed by atoms with E-state index >= 15 is 0 Å². The summed E-state index contributed by atoms with van der Waals surface area (Å²) in [7, 11) is 0. The zero-order chi connectivity index (χ0) is 15.4. The van der Waals surface area contributed by atoms with Gasteiger partial charge in [0.1, 0.15) is 5.82 Å². The minimum atomic E-state index is -0.738. The molecule has 5 nitrogen and oxygen atoms in total. The first kappa shape index (κ1) is 14.2. The Morgan fingerprint density at radius 3 is 2.86 bits per heavy atom. The van der Waals surface area contributed by atoms with Crippen LogP contribution in [0.2, 0.25) is 0 Å².